The molecule has 22 heavy (non-hydrogen) atoms. The highest BCUT2D eigenvalue weighted by molar-refractivity contribution is 7.22. The molecule has 4 rings (SSSR count). The number of nitrogens with one attached hydrogen (secondary N) is 1. The second-order valence-corrected chi connectivity index (χ2v) is 6.30. The summed E-state index contributed by atoms with van der Waals surface area (Å²) in [5.41, 5.74) is 3.48. The number of thiophene rings is 1. The van der Waals surface area contributed by atoms with E-state index in [4.69, 9.17) is 0 Å². The lowest BCUT2D eigenvalue weighted by Gasteiger charge is -2.06. The third kappa shape index (κ3) is 2.61. The highest BCUT2D eigenvalue weighted by Crippen LogP contribution is 2.34. The Morgan fingerprint density at radius 2 is 1.32 bits per heavy atom. The molecule has 0 saturated carbocycles. The number of anilines is 2. The number of rotatable bonds is 3. The fraction of sp³-hybridized carbons (Fsp3) is 0. The van der Waals surface area contributed by atoms with Gasteiger partial charge in [0, 0.05) is 21.0 Å². The number of hydrogen-bond acceptors (Lipinski definition) is 2. The van der Waals surface area contributed by atoms with Gasteiger partial charge in [0.2, 0.25) is 0 Å². The Kier molecular flexibility index (Phi) is 3.37. The Morgan fingerprint density at radius 3 is 2.09 bits per heavy atom. The molecule has 0 saturated heterocycles. The van der Waals surface area contributed by atoms with Gasteiger partial charge in [0.1, 0.15) is 0 Å². The fourth-order valence-corrected chi connectivity index (χ4v) is 3.60. The summed E-state index contributed by atoms with van der Waals surface area (Å²) in [5, 5.41) is 4.73. The molecule has 4 aromatic rings. The van der Waals surface area contributed by atoms with Crippen LogP contribution in [0.3, 0.4) is 0 Å². The van der Waals surface area contributed by atoms with E-state index in [0.29, 0.717) is 0 Å². The van der Waals surface area contributed by atoms with Crippen molar-refractivity contribution in [1.82, 2.24) is 0 Å². The fourth-order valence-electron chi connectivity index (χ4n) is 2.53. The Hall–Kier alpha value is -2.58. The molecule has 0 spiro atoms. The van der Waals surface area contributed by atoms with Crippen molar-refractivity contribution >= 4 is 32.8 Å². The van der Waals surface area contributed by atoms with Crippen molar-refractivity contribution in [3.63, 3.8) is 0 Å². The summed E-state index contributed by atoms with van der Waals surface area (Å²) in [4.78, 5) is 1.31. The monoisotopic (exact) mass is 301 g/mol. The molecule has 0 fully saturated rings. The molecule has 0 amide bonds. The molecular weight excluding hydrogens is 286 g/mol. The largest absolute Gasteiger partial charge is 0.356 e. The van der Waals surface area contributed by atoms with Crippen molar-refractivity contribution in [3.8, 4) is 10.4 Å². The lowest BCUT2D eigenvalue weighted by molar-refractivity contribution is 1.55. The van der Waals surface area contributed by atoms with E-state index >= 15 is 0 Å². The Morgan fingerprint density at radius 1 is 0.636 bits per heavy atom. The van der Waals surface area contributed by atoms with Crippen LogP contribution in [0, 0.1) is 0 Å². The summed E-state index contributed by atoms with van der Waals surface area (Å²) in [6.45, 7) is 0. The highest BCUT2D eigenvalue weighted by Gasteiger charge is 2.04. The summed E-state index contributed by atoms with van der Waals surface area (Å²) in [5.74, 6) is 0. The number of fused-ring (bicyclic) bond motifs is 1. The van der Waals surface area contributed by atoms with E-state index in [9.17, 15) is 0 Å². The minimum atomic E-state index is 1.11. The predicted molar refractivity (Wildman–Crippen MR) is 97.0 cm³/mol. The van der Waals surface area contributed by atoms with Crippen LogP contribution in [0.4, 0.5) is 11.4 Å². The van der Waals surface area contributed by atoms with Gasteiger partial charge in [0.15, 0.2) is 0 Å². The molecule has 0 bridgehead atoms. The van der Waals surface area contributed by atoms with Gasteiger partial charge in [-0.2, -0.15) is 0 Å². The van der Waals surface area contributed by atoms with Crippen LogP contribution in [-0.2, 0) is 0 Å². The van der Waals surface area contributed by atoms with Crippen molar-refractivity contribution in [3.05, 3.63) is 84.9 Å². The number of para-hydroxylation sites is 1. The maximum atomic E-state index is 3.41. The molecule has 3 aromatic carbocycles. The van der Waals surface area contributed by atoms with E-state index in [1.54, 1.807) is 0 Å². The van der Waals surface area contributed by atoms with Crippen LogP contribution in [0.1, 0.15) is 0 Å². The van der Waals surface area contributed by atoms with Crippen LogP contribution < -0.4 is 5.32 Å². The van der Waals surface area contributed by atoms with Crippen molar-refractivity contribution in [2.24, 2.45) is 0 Å². The van der Waals surface area contributed by atoms with Crippen molar-refractivity contribution in [2.75, 3.05) is 5.32 Å². The molecular formula is C20H15NS. The van der Waals surface area contributed by atoms with Crippen molar-refractivity contribution in [2.45, 2.75) is 0 Å². The van der Waals surface area contributed by atoms with E-state index in [1.807, 2.05) is 29.5 Å². The third-order valence-electron chi connectivity index (χ3n) is 3.66. The minimum absolute atomic E-state index is 1.11. The van der Waals surface area contributed by atoms with Crippen LogP contribution >= 0.6 is 11.3 Å². The minimum Gasteiger partial charge on any atom is -0.356 e. The van der Waals surface area contributed by atoms with Gasteiger partial charge in [-0.25, -0.2) is 0 Å². The van der Waals surface area contributed by atoms with Gasteiger partial charge < -0.3 is 5.32 Å². The molecule has 0 aliphatic rings. The van der Waals surface area contributed by atoms with E-state index in [0.717, 1.165) is 11.4 Å². The molecule has 1 heterocycles. The number of benzene rings is 3. The molecule has 1 aromatic heterocycles. The molecule has 0 atom stereocenters. The molecule has 0 aliphatic heterocycles. The second kappa shape index (κ2) is 5.66. The molecule has 0 radical (unpaired) electrons. The van der Waals surface area contributed by atoms with E-state index in [2.05, 4.69) is 72.0 Å². The summed E-state index contributed by atoms with van der Waals surface area (Å²) in [6.07, 6.45) is 0. The zero-order valence-corrected chi connectivity index (χ0v) is 12.8. The van der Waals surface area contributed by atoms with Crippen LogP contribution in [0.2, 0.25) is 0 Å². The molecule has 0 unspecified atom stereocenters. The van der Waals surface area contributed by atoms with Crippen LogP contribution in [0.25, 0.3) is 20.5 Å². The molecule has 1 N–H and O–H groups in total. The first kappa shape index (κ1) is 13.1. The number of hydrogen-bond donors (Lipinski definition) is 1. The quantitative estimate of drug-likeness (QED) is 0.467. The first-order valence-electron chi connectivity index (χ1n) is 7.29. The van der Waals surface area contributed by atoms with Crippen LogP contribution in [0.15, 0.2) is 84.9 Å². The molecule has 0 aliphatic carbocycles. The smallest absolute Gasteiger partial charge is 0.0384 e. The maximum Gasteiger partial charge on any atom is 0.0384 e. The van der Waals surface area contributed by atoms with Gasteiger partial charge in [0.25, 0.3) is 0 Å². The average molecular weight is 301 g/mol. The average Bonchev–Trinajstić information content (AvgIpc) is 3.00. The van der Waals surface area contributed by atoms with Crippen LogP contribution in [-0.4, -0.2) is 0 Å². The maximum absolute atomic E-state index is 3.41. The first-order valence-corrected chi connectivity index (χ1v) is 8.11. The lowest BCUT2D eigenvalue weighted by Crippen LogP contribution is -1.88. The summed E-state index contributed by atoms with van der Waals surface area (Å²) >= 11 is 1.84. The van der Waals surface area contributed by atoms with E-state index in [1.165, 1.54) is 20.5 Å². The van der Waals surface area contributed by atoms with Crippen molar-refractivity contribution < 1.29 is 0 Å². The first-order chi connectivity index (χ1) is 10.9. The predicted octanol–water partition coefficient (Wildman–Crippen LogP) is 6.31. The third-order valence-corrected chi connectivity index (χ3v) is 4.82. The molecule has 1 nitrogen and oxygen atoms in total. The standard InChI is InChI=1S/C20H15NS/c1-2-7-17(8-3-1)21-18-12-10-15(11-13-18)20-14-16-6-4-5-9-19(16)22-20/h1-14,21H. The Balaban J connectivity index is 1.61. The van der Waals surface area contributed by atoms with Gasteiger partial charge in [0.05, 0.1) is 0 Å². The summed E-state index contributed by atoms with van der Waals surface area (Å²) in [6, 6.07) is 29.6. The lowest BCUT2D eigenvalue weighted by atomic mass is 10.1. The zero-order chi connectivity index (χ0) is 14.8. The topological polar surface area (TPSA) is 12.0 Å². The Labute approximate surface area is 133 Å². The van der Waals surface area contributed by atoms with Crippen LogP contribution in [0.5, 0.6) is 0 Å². The molecule has 2 heteroatoms. The van der Waals surface area contributed by atoms with Gasteiger partial charge in [-0.3, -0.25) is 0 Å². The van der Waals surface area contributed by atoms with Gasteiger partial charge in [-0.15, -0.1) is 11.3 Å². The highest BCUT2D eigenvalue weighted by atomic mass is 32.1. The SMILES string of the molecule is c1ccc(Nc2ccc(-c3cc4ccccc4s3)cc2)cc1. The van der Waals surface area contributed by atoms with Gasteiger partial charge in [-0.05, 0) is 47.3 Å². The molecule has 106 valence electrons. The summed E-state index contributed by atoms with van der Waals surface area (Å²) in [7, 11) is 0. The normalized spacial score (nSPS) is 10.7. The second-order valence-electron chi connectivity index (χ2n) is 5.22. The van der Waals surface area contributed by atoms with E-state index < -0.39 is 0 Å². The van der Waals surface area contributed by atoms with Gasteiger partial charge >= 0.3 is 0 Å². The zero-order valence-electron chi connectivity index (χ0n) is 12.0. The Bertz CT molecular complexity index is 859. The van der Waals surface area contributed by atoms with Crippen molar-refractivity contribution in [1.29, 1.82) is 0 Å². The van der Waals surface area contributed by atoms with E-state index in [-0.39, 0.29) is 0 Å². The summed E-state index contributed by atoms with van der Waals surface area (Å²) < 4.78 is 1.34. The van der Waals surface area contributed by atoms with Gasteiger partial charge in [-0.1, -0.05) is 48.5 Å².